The van der Waals surface area contributed by atoms with Gasteiger partial charge >= 0.3 is 5.97 Å². The predicted molar refractivity (Wildman–Crippen MR) is 183 cm³/mol. The molecule has 0 saturated carbocycles. The number of nitrogens with one attached hydrogen (secondary N) is 3. The molecule has 0 radical (unpaired) electrons. The molecule has 13 nitrogen and oxygen atoms in total. The Morgan fingerprint density at radius 3 is 2.02 bits per heavy atom. The van der Waals surface area contributed by atoms with Crippen molar-refractivity contribution in [2.45, 2.75) is 68.3 Å². The number of amides is 2. The summed E-state index contributed by atoms with van der Waals surface area (Å²) in [5, 5.41) is 15.3. The lowest BCUT2D eigenvalue weighted by Crippen LogP contribution is -2.48. The monoisotopic (exact) mass is 701 g/mol. The zero-order valence-electron chi connectivity index (χ0n) is 27.1. The van der Waals surface area contributed by atoms with Gasteiger partial charge in [0, 0.05) is 31.4 Å². The van der Waals surface area contributed by atoms with Gasteiger partial charge in [-0.05, 0) is 85.7 Å². The Morgan fingerprint density at radius 2 is 1.46 bits per heavy atom. The number of carboxylic acid groups (broad SMARTS) is 1. The molecule has 15 heteroatoms. The number of anilines is 2. The van der Waals surface area contributed by atoms with Crippen LogP contribution in [-0.4, -0.2) is 69.2 Å². The van der Waals surface area contributed by atoms with Crippen LogP contribution in [0.5, 0.6) is 0 Å². The van der Waals surface area contributed by atoms with Gasteiger partial charge in [0.2, 0.25) is 31.9 Å². The van der Waals surface area contributed by atoms with Crippen LogP contribution >= 0.6 is 0 Å². The van der Waals surface area contributed by atoms with E-state index in [0.717, 1.165) is 9.87 Å². The maximum atomic E-state index is 13.5. The number of nitrogen functional groups attached to an aromatic ring is 1. The summed E-state index contributed by atoms with van der Waals surface area (Å²) >= 11 is 0. The Kier molecular flexibility index (Phi) is 13.7. The van der Waals surface area contributed by atoms with Gasteiger partial charge in [-0.25, -0.2) is 16.8 Å². The fourth-order valence-corrected chi connectivity index (χ4v) is 7.90. The number of nitrogens with zero attached hydrogens (tertiary/aromatic N) is 1. The molecular formula is C33H43N5O8S2. The first kappa shape index (κ1) is 38.1. The highest BCUT2D eigenvalue weighted by Crippen LogP contribution is 2.24. The molecule has 2 amide bonds. The third-order valence-electron chi connectivity index (χ3n) is 7.25. The Labute approximate surface area is 282 Å². The van der Waals surface area contributed by atoms with Crippen molar-refractivity contribution in [2.75, 3.05) is 24.1 Å². The highest BCUT2D eigenvalue weighted by atomic mass is 32.2. The van der Waals surface area contributed by atoms with Crippen LogP contribution < -0.4 is 21.1 Å². The van der Waals surface area contributed by atoms with Crippen LogP contribution in [-0.2, 0) is 40.9 Å². The van der Waals surface area contributed by atoms with Crippen molar-refractivity contribution in [1.29, 1.82) is 0 Å². The molecule has 0 spiro atoms. The second-order valence-corrected chi connectivity index (χ2v) is 15.4. The molecule has 260 valence electrons. The minimum atomic E-state index is -4.16. The zero-order valence-corrected chi connectivity index (χ0v) is 28.8. The number of carbonyl (C=O) groups is 3. The van der Waals surface area contributed by atoms with E-state index >= 15 is 0 Å². The second-order valence-electron chi connectivity index (χ2n) is 11.7. The van der Waals surface area contributed by atoms with Crippen molar-refractivity contribution in [1.82, 2.24) is 14.3 Å². The smallest absolute Gasteiger partial charge is 0.322 e. The van der Waals surface area contributed by atoms with Crippen molar-refractivity contribution < 1.29 is 36.3 Å². The van der Waals surface area contributed by atoms with E-state index in [9.17, 15) is 36.3 Å². The number of carboxylic acids is 1. The van der Waals surface area contributed by atoms with Gasteiger partial charge < -0.3 is 21.5 Å². The van der Waals surface area contributed by atoms with Crippen molar-refractivity contribution >= 4 is 49.2 Å². The van der Waals surface area contributed by atoms with E-state index in [1.165, 1.54) is 55.5 Å². The molecule has 0 aromatic heterocycles. The highest BCUT2D eigenvalue weighted by molar-refractivity contribution is 7.89. The quantitative estimate of drug-likeness (QED) is 0.0974. The Hall–Kier alpha value is -4.31. The molecule has 0 aliphatic rings. The fraction of sp³-hybridized carbons (Fsp3) is 0.364. The Bertz CT molecular complexity index is 1750. The van der Waals surface area contributed by atoms with Crippen molar-refractivity contribution in [2.24, 2.45) is 5.92 Å². The molecule has 0 bridgehead atoms. The Morgan fingerprint density at radius 1 is 0.854 bits per heavy atom. The second kappa shape index (κ2) is 17.2. The van der Waals surface area contributed by atoms with Crippen LogP contribution in [0.15, 0.2) is 88.7 Å². The minimum Gasteiger partial charge on any atom is -0.480 e. The van der Waals surface area contributed by atoms with Crippen molar-refractivity contribution in [3.8, 4) is 0 Å². The van der Waals surface area contributed by atoms with Crippen LogP contribution in [0.4, 0.5) is 11.4 Å². The molecule has 48 heavy (non-hydrogen) atoms. The summed E-state index contributed by atoms with van der Waals surface area (Å²) in [6, 6.07) is 17.4. The van der Waals surface area contributed by atoms with Crippen molar-refractivity contribution in [3.63, 3.8) is 0 Å². The topological polar surface area (TPSA) is 205 Å². The van der Waals surface area contributed by atoms with E-state index in [1.54, 1.807) is 44.2 Å². The normalized spacial score (nSPS) is 13.2. The van der Waals surface area contributed by atoms with Crippen LogP contribution in [0, 0.1) is 5.92 Å². The number of unbranched alkanes of at least 4 members (excludes halogenated alkanes) is 1. The lowest BCUT2D eigenvalue weighted by atomic mass is 10.1. The number of hydrogen-bond donors (Lipinski definition) is 5. The minimum absolute atomic E-state index is 0.0132. The summed E-state index contributed by atoms with van der Waals surface area (Å²) in [7, 11) is -8.30. The summed E-state index contributed by atoms with van der Waals surface area (Å²) in [5.41, 5.74) is 7.21. The number of aliphatic carboxylic acids is 1. The maximum Gasteiger partial charge on any atom is 0.322 e. The first-order chi connectivity index (χ1) is 22.6. The van der Waals surface area contributed by atoms with Gasteiger partial charge in [0.25, 0.3) is 0 Å². The number of carbonyl (C=O) groups excluding carboxylic acids is 2. The lowest BCUT2D eigenvalue weighted by molar-refractivity contribution is -0.142. The number of hydrogen-bond acceptors (Lipinski definition) is 8. The van der Waals surface area contributed by atoms with Gasteiger partial charge in [-0.15, -0.1) is 0 Å². The number of benzene rings is 3. The molecule has 0 heterocycles. The molecule has 0 aliphatic carbocycles. The van der Waals surface area contributed by atoms with Crippen LogP contribution in [0.1, 0.15) is 45.6 Å². The number of sulfonamides is 2. The first-order valence-corrected chi connectivity index (χ1v) is 18.3. The van der Waals surface area contributed by atoms with Gasteiger partial charge in [0.15, 0.2) is 0 Å². The highest BCUT2D eigenvalue weighted by Gasteiger charge is 2.36. The average molecular weight is 702 g/mol. The molecule has 0 saturated heterocycles. The third-order valence-corrected chi connectivity index (χ3v) is 10.6. The summed E-state index contributed by atoms with van der Waals surface area (Å²) in [4.78, 5) is 36.8. The molecule has 3 aromatic rings. The van der Waals surface area contributed by atoms with Crippen LogP contribution in [0.25, 0.3) is 0 Å². The van der Waals surface area contributed by atoms with E-state index in [4.69, 9.17) is 5.73 Å². The SMILES string of the molecule is CC(=O)Nc1ccc(S(=O)(=O)N[C@@H](Cc2ccccc2)C(=O)NCCCC[C@@H](C(=O)O)N(CC(C)C)S(=O)(=O)c2ccc(N)cc2)cc1. The summed E-state index contributed by atoms with van der Waals surface area (Å²) in [5.74, 6) is -2.34. The van der Waals surface area contributed by atoms with Crippen LogP contribution in [0.3, 0.4) is 0 Å². The number of nitrogens with two attached hydrogens (primary N) is 1. The van der Waals surface area contributed by atoms with Crippen LogP contribution in [0.2, 0.25) is 0 Å². The maximum absolute atomic E-state index is 13.5. The molecule has 3 aromatic carbocycles. The molecule has 0 aliphatic heterocycles. The van der Waals surface area contributed by atoms with Crippen molar-refractivity contribution in [3.05, 3.63) is 84.4 Å². The molecular weight excluding hydrogens is 659 g/mol. The molecule has 2 atom stereocenters. The van der Waals surface area contributed by atoms with Gasteiger partial charge in [0.1, 0.15) is 12.1 Å². The Balaban J connectivity index is 1.68. The first-order valence-electron chi connectivity index (χ1n) is 15.4. The molecule has 3 rings (SSSR count). The predicted octanol–water partition coefficient (Wildman–Crippen LogP) is 3.20. The van der Waals surface area contributed by atoms with E-state index in [2.05, 4.69) is 15.4 Å². The molecule has 0 fully saturated rings. The van der Waals surface area contributed by atoms with E-state index in [-0.39, 0.29) is 54.0 Å². The van der Waals surface area contributed by atoms with E-state index in [0.29, 0.717) is 17.8 Å². The molecule has 0 unspecified atom stereocenters. The standard InChI is InChI=1S/C33H43N5O8S2/c1-23(2)22-38(48(45,46)29-16-12-26(34)13-17-29)31(33(41)42)11-7-8-20-35-32(40)30(21-25-9-5-4-6-10-25)37-47(43,44)28-18-14-27(15-19-28)36-24(3)39/h4-6,9-10,12-19,23,30-31,37H,7-8,11,20-22,34H2,1-3H3,(H,35,40)(H,36,39)(H,41,42)/t30-,31-/m0/s1. The van der Waals surface area contributed by atoms with Gasteiger partial charge in [-0.3, -0.25) is 14.4 Å². The number of rotatable bonds is 18. The zero-order chi connectivity index (χ0) is 35.5. The fourth-order valence-electron chi connectivity index (χ4n) is 4.93. The van der Waals surface area contributed by atoms with E-state index in [1.807, 2.05) is 0 Å². The van der Waals surface area contributed by atoms with Gasteiger partial charge in [0.05, 0.1) is 9.79 Å². The summed E-state index contributed by atoms with van der Waals surface area (Å²) < 4.78 is 56.9. The average Bonchev–Trinajstić information content (AvgIpc) is 3.01. The van der Waals surface area contributed by atoms with Gasteiger partial charge in [-0.1, -0.05) is 44.2 Å². The lowest BCUT2D eigenvalue weighted by Gasteiger charge is -2.29. The molecule has 6 N–H and O–H groups in total. The van der Waals surface area contributed by atoms with E-state index < -0.39 is 44.0 Å². The summed E-state index contributed by atoms with van der Waals surface area (Å²) in [6.07, 6.45) is 0.617. The third kappa shape index (κ3) is 11.1. The largest absolute Gasteiger partial charge is 0.480 e. The summed E-state index contributed by atoms with van der Waals surface area (Å²) in [6.45, 7) is 5.00. The van der Waals surface area contributed by atoms with Gasteiger partial charge in [-0.2, -0.15) is 9.03 Å².